The lowest BCUT2D eigenvalue weighted by atomic mass is 10.8. The molecule has 54 valence electrons. The van der Waals surface area contributed by atoms with E-state index in [0.717, 1.165) is 0 Å². The van der Waals surface area contributed by atoms with Gasteiger partial charge in [0.2, 0.25) is 5.88 Å². The van der Waals surface area contributed by atoms with Crippen molar-refractivity contribution < 1.29 is 9.47 Å². The largest absolute Gasteiger partial charge is 0.480 e. The average Bonchev–Trinajstić information content (AvgIpc) is 2.05. The molecule has 0 aromatic carbocycles. The molecule has 0 spiro atoms. The number of aromatic nitrogens is 3. The molecule has 0 saturated carbocycles. The van der Waals surface area contributed by atoms with Crippen LogP contribution in [-0.2, 0) is 0 Å². The third-order valence-electron chi connectivity index (χ3n) is 0.909. The van der Waals surface area contributed by atoms with E-state index in [2.05, 4.69) is 15.2 Å². The predicted octanol–water partition coefficient (Wildman–Crippen LogP) is -0.111. The molecular weight excluding hydrogens is 134 g/mol. The van der Waals surface area contributed by atoms with Crippen LogP contribution in [0, 0.1) is 0 Å². The van der Waals surface area contributed by atoms with Gasteiger partial charge in [0, 0.05) is 0 Å². The van der Waals surface area contributed by atoms with Crippen LogP contribution in [0.1, 0.15) is 0 Å². The van der Waals surface area contributed by atoms with E-state index in [1.54, 1.807) is 0 Å². The maximum absolute atomic E-state index is 4.76. The van der Waals surface area contributed by atoms with Gasteiger partial charge in [-0.3, -0.25) is 0 Å². The van der Waals surface area contributed by atoms with Crippen molar-refractivity contribution in [3.8, 4) is 11.9 Å². The summed E-state index contributed by atoms with van der Waals surface area (Å²) in [4.78, 5) is 3.79. The molecule has 0 aliphatic heterocycles. The number of methoxy groups -OCH3 is 2. The summed E-state index contributed by atoms with van der Waals surface area (Å²) >= 11 is 0. The fraction of sp³-hybridized carbons (Fsp3) is 0.400. The summed E-state index contributed by atoms with van der Waals surface area (Å²) in [6.07, 6.45) is 1.41. The van der Waals surface area contributed by atoms with E-state index < -0.39 is 0 Å². The molecule has 0 radical (unpaired) electrons. The third kappa shape index (κ3) is 1.31. The molecular formula is C5H7N3O2. The molecule has 1 heterocycles. The lowest BCUT2D eigenvalue weighted by Gasteiger charge is -1.97. The van der Waals surface area contributed by atoms with Gasteiger partial charge in [-0.25, -0.2) is 0 Å². The summed E-state index contributed by atoms with van der Waals surface area (Å²) in [6, 6.07) is 0.208. The van der Waals surface area contributed by atoms with Crippen molar-refractivity contribution in [2.45, 2.75) is 0 Å². The van der Waals surface area contributed by atoms with Crippen LogP contribution in [-0.4, -0.2) is 29.4 Å². The molecule has 0 saturated heterocycles. The van der Waals surface area contributed by atoms with Gasteiger partial charge in [-0.05, 0) is 0 Å². The molecule has 10 heavy (non-hydrogen) atoms. The summed E-state index contributed by atoms with van der Waals surface area (Å²) in [7, 11) is 2.97. The van der Waals surface area contributed by atoms with Crippen LogP contribution < -0.4 is 9.47 Å². The maximum atomic E-state index is 4.76. The number of rotatable bonds is 2. The zero-order valence-corrected chi connectivity index (χ0v) is 5.74. The Morgan fingerprint density at radius 1 is 1.30 bits per heavy atom. The van der Waals surface area contributed by atoms with Crippen LogP contribution >= 0.6 is 0 Å². The number of hydrogen-bond acceptors (Lipinski definition) is 5. The van der Waals surface area contributed by atoms with Crippen molar-refractivity contribution in [1.82, 2.24) is 15.2 Å². The summed E-state index contributed by atoms with van der Waals surface area (Å²) in [5.41, 5.74) is 0. The van der Waals surface area contributed by atoms with Crippen molar-refractivity contribution in [2.24, 2.45) is 0 Å². The Balaban J connectivity index is 2.87. The van der Waals surface area contributed by atoms with Crippen molar-refractivity contribution in [1.29, 1.82) is 0 Å². The Bertz CT molecular complexity index is 197. The van der Waals surface area contributed by atoms with Gasteiger partial charge in [-0.15, -0.1) is 5.10 Å². The first kappa shape index (κ1) is 6.73. The van der Waals surface area contributed by atoms with Gasteiger partial charge in [-0.2, -0.15) is 4.98 Å². The fourth-order valence-electron chi connectivity index (χ4n) is 0.458. The third-order valence-corrected chi connectivity index (χ3v) is 0.909. The van der Waals surface area contributed by atoms with Crippen molar-refractivity contribution in [2.75, 3.05) is 14.2 Å². The first-order chi connectivity index (χ1) is 4.86. The molecule has 1 aromatic heterocycles. The van der Waals surface area contributed by atoms with Crippen LogP contribution in [0.15, 0.2) is 6.20 Å². The molecule has 1 rings (SSSR count). The highest BCUT2D eigenvalue weighted by Crippen LogP contribution is 2.05. The van der Waals surface area contributed by atoms with Gasteiger partial charge in [-0.1, -0.05) is 5.10 Å². The number of hydrogen-bond donors (Lipinski definition) is 0. The van der Waals surface area contributed by atoms with Gasteiger partial charge < -0.3 is 9.47 Å². The molecule has 0 bridgehead atoms. The molecule has 0 amide bonds. The van der Waals surface area contributed by atoms with Crippen LogP contribution in [0.25, 0.3) is 0 Å². The smallest absolute Gasteiger partial charge is 0.338 e. The first-order valence-electron chi connectivity index (χ1n) is 2.64. The summed E-state index contributed by atoms with van der Waals surface area (Å²) < 4.78 is 9.46. The topological polar surface area (TPSA) is 57.1 Å². The second-order valence-corrected chi connectivity index (χ2v) is 1.49. The van der Waals surface area contributed by atoms with Crippen LogP contribution in [0.3, 0.4) is 0 Å². The van der Waals surface area contributed by atoms with E-state index >= 15 is 0 Å². The standard InChI is InChI=1S/C5H7N3O2/c1-9-4-3-6-8-5(7-4)10-2/h3H,1-2H3. The SMILES string of the molecule is COc1cnnc(OC)n1. The summed E-state index contributed by atoms with van der Waals surface area (Å²) in [6.45, 7) is 0. The summed E-state index contributed by atoms with van der Waals surface area (Å²) in [5.74, 6) is 0.395. The second-order valence-electron chi connectivity index (χ2n) is 1.49. The molecule has 0 unspecified atom stereocenters. The quantitative estimate of drug-likeness (QED) is 0.575. The lowest BCUT2D eigenvalue weighted by Crippen LogP contribution is -1.96. The minimum Gasteiger partial charge on any atom is -0.480 e. The minimum atomic E-state index is 0.208. The lowest BCUT2D eigenvalue weighted by molar-refractivity contribution is 0.344. The highest BCUT2D eigenvalue weighted by atomic mass is 16.5. The summed E-state index contributed by atoms with van der Waals surface area (Å²) in [5, 5.41) is 7.11. The van der Waals surface area contributed by atoms with Crippen LogP contribution in [0.5, 0.6) is 11.9 Å². The van der Waals surface area contributed by atoms with Gasteiger partial charge in [0.1, 0.15) is 6.20 Å². The molecule has 0 N–H and O–H groups in total. The van der Waals surface area contributed by atoms with E-state index in [4.69, 9.17) is 9.47 Å². The zero-order chi connectivity index (χ0) is 7.40. The van der Waals surface area contributed by atoms with E-state index in [-0.39, 0.29) is 6.01 Å². The molecule has 0 atom stereocenters. The van der Waals surface area contributed by atoms with Crippen molar-refractivity contribution >= 4 is 0 Å². The maximum Gasteiger partial charge on any atom is 0.338 e. The Kier molecular flexibility index (Phi) is 1.99. The molecule has 5 nitrogen and oxygen atoms in total. The Morgan fingerprint density at radius 2 is 2.10 bits per heavy atom. The van der Waals surface area contributed by atoms with Gasteiger partial charge >= 0.3 is 6.01 Å². The number of ether oxygens (including phenoxy) is 2. The minimum absolute atomic E-state index is 0.208. The molecule has 1 aromatic rings. The van der Waals surface area contributed by atoms with E-state index in [0.29, 0.717) is 5.88 Å². The fourth-order valence-corrected chi connectivity index (χ4v) is 0.458. The van der Waals surface area contributed by atoms with E-state index in [1.165, 1.54) is 20.4 Å². The Hall–Kier alpha value is -1.39. The zero-order valence-electron chi connectivity index (χ0n) is 5.74. The van der Waals surface area contributed by atoms with Crippen molar-refractivity contribution in [3.05, 3.63) is 6.20 Å². The highest BCUT2D eigenvalue weighted by Gasteiger charge is 1.96. The van der Waals surface area contributed by atoms with Crippen LogP contribution in [0.2, 0.25) is 0 Å². The average molecular weight is 141 g/mol. The normalized spacial score (nSPS) is 9.00. The van der Waals surface area contributed by atoms with Gasteiger partial charge in [0.05, 0.1) is 14.2 Å². The second kappa shape index (κ2) is 2.95. The van der Waals surface area contributed by atoms with Crippen molar-refractivity contribution in [3.63, 3.8) is 0 Å². The monoisotopic (exact) mass is 141 g/mol. The predicted molar refractivity (Wildman–Crippen MR) is 32.9 cm³/mol. The molecule has 0 fully saturated rings. The molecule has 0 aliphatic carbocycles. The van der Waals surface area contributed by atoms with E-state index in [9.17, 15) is 0 Å². The van der Waals surface area contributed by atoms with Crippen LogP contribution in [0.4, 0.5) is 0 Å². The molecule has 0 aliphatic rings. The Labute approximate surface area is 58.0 Å². The van der Waals surface area contributed by atoms with E-state index in [1.807, 2.05) is 0 Å². The highest BCUT2D eigenvalue weighted by molar-refractivity contribution is 5.04. The molecule has 5 heteroatoms. The van der Waals surface area contributed by atoms with Gasteiger partial charge in [0.15, 0.2) is 0 Å². The van der Waals surface area contributed by atoms with Gasteiger partial charge in [0.25, 0.3) is 0 Å². The first-order valence-corrected chi connectivity index (χ1v) is 2.64. The number of nitrogens with zero attached hydrogens (tertiary/aromatic N) is 3. The Morgan fingerprint density at radius 3 is 2.70 bits per heavy atom.